The van der Waals surface area contributed by atoms with Crippen molar-refractivity contribution >= 4 is 16.7 Å². The third-order valence-corrected chi connectivity index (χ3v) is 3.68. The van der Waals surface area contributed by atoms with Crippen molar-refractivity contribution in [3.8, 4) is 0 Å². The number of rotatable bonds is 5. The Morgan fingerprint density at radius 3 is 2.67 bits per heavy atom. The van der Waals surface area contributed by atoms with Crippen molar-refractivity contribution < 1.29 is 5.11 Å². The number of hydrogen-bond acceptors (Lipinski definition) is 3. The highest BCUT2D eigenvalue weighted by atomic mass is 16.3. The van der Waals surface area contributed by atoms with Gasteiger partial charge in [-0.2, -0.15) is 0 Å². The van der Waals surface area contributed by atoms with Gasteiger partial charge in [-0.05, 0) is 36.6 Å². The lowest BCUT2D eigenvalue weighted by atomic mass is 10.1. The number of imidazole rings is 1. The molecule has 3 aromatic rings. The molecule has 21 heavy (non-hydrogen) atoms. The highest BCUT2D eigenvalue weighted by Crippen LogP contribution is 2.20. The van der Waals surface area contributed by atoms with E-state index in [0.717, 1.165) is 30.4 Å². The Morgan fingerprint density at radius 2 is 1.90 bits per heavy atom. The lowest BCUT2D eigenvalue weighted by Gasteiger charge is -2.08. The van der Waals surface area contributed by atoms with E-state index in [1.807, 2.05) is 24.3 Å². The van der Waals surface area contributed by atoms with E-state index >= 15 is 0 Å². The van der Waals surface area contributed by atoms with Crippen LogP contribution < -0.4 is 5.73 Å². The lowest BCUT2D eigenvalue weighted by molar-refractivity contribution is 0.265. The van der Waals surface area contributed by atoms with Crippen LogP contribution in [-0.2, 0) is 19.6 Å². The molecule has 0 aliphatic heterocycles. The zero-order valence-corrected chi connectivity index (χ0v) is 11.9. The van der Waals surface area contributed by atoms with Gasteiger partial charge < -0.3 is 15.4 Å². The summed E-state index contributed by atoms with van der Waals surface area (Å²) >= 11 is 0. The van der Waals surface area contributed by atoms with Crippen molar-refractivity contribution in [2.45, 2.75) is 26.0 Å². The number of aromatic nitrogens is 2. The number of aliphatic hydroxyl groups excluding tert-OH is 1. The van der Waals surface area contributed by atoms with Gasteiger partial charge in [-0.1, -0.05) is 30.3 Å². The van der Waals surface area contributed by atoms with Crippen molar-refractivity contribution in [3.63, 3.8) is 0 Å². The van der Waals surface area contributed by atoms with Crippen LogP contribution in [0.1, 0.15) is 17.8 Å². The van der Waals surface area contributed by atoms with Gasteiger partial charge in [-0.15, -0.1) is 0 Å². The van der Waals surface area contributed by atoms with Crippen LogP contribution in [0.15, 0.2) is 48.5 Å². The van der Waals surface area contributed by atoms with Crippen LogP contribution in [0.4, 0.5) is 5.69 Å². The van der Waals surface area contributed by atoms with Crippen LogP contribution in [0.2, 0.25) is 0 Å². The van der Waals surface area contributed by atoms with Gasteiger partial charge in [0.25, 0.3) is 0 Å². The molecule has 0 aliphatic rings. The highest BCUT2D eigenvalue weighted by molar-refractivity contribution is 5.79. The first kappa shape index (κ1) is 13.6. The van der Waals surface area contributed by atoms with Crippen molar-refractivity contribution in [2.75, 3.05) is 5.73 Å². The second kappa shape index (κ2) is 5.97. The summed E-state index contributed by atoms with van der Waals surface area (Å²) in [5.74, 6) is 0.698. The molecule has 0 radical (unpaired) electrons. The van der Waals surface area contributed by atoms with Gasteiger partial charge in [-0.3, -0.25) is 0 Å². The van der Waals surface area contributed by atoms with Gasteiger partial charge in [0.2, 0.25) is 0 Å². The summed E-state index contributed by atoms with van der Waals surface area (Å²) in [5.41, 5.74) is 9.69. The molecule has 0 aliphatic carbocycles. The molecule has 0 saturated heterocycles. The normalized spacial score (nSPS) is 11.1. The number of nitrogens with zero attached hydrogens (tertiary/aromatic N) is 2. The monoisotopic (exact) mass is 281 g/mol. The number of nitrogen functional groups attached to an aromatic ring is 1. The molecule has 0 atom stereocenters. The standard InChI is InChI=1S/C17H19N3O/c18-14-8-9-16-15(11-14)19-17(12-21)20(16)10-4-7-13-5-2-1-3-6-13/h1-3,5-6,8-9,11,21H,4,7,10,12,18H2. The fraction of sp³-hybridized carbons (Fsp3) is 0.235. The molecule has 108 valence electrons. The van der Waals surface area contributed by atoms with Gasteiger partial charge in [0.1, 0.15) is 12.4 Å². The number of nitrogens with two attached hydrogens (primary N) is 1. The maximum Gasteiger partial charge on any atom is 0.135 e. The molecule has 4 heteroatoms. The van der Waals surface area contributed by atoms with Crippen LogP contribution in [0, 0.1) is 0 Å². The van der Waals surface area contributed by atoms with E-state index in [1.165, 1.54) is 5.56 Å². The number of hydrogen-bond donors (Lipinski definition) is 2. The van der Waals surface area contributed by atoms with Crippen molar-refractivity contribution in [2.24, 2.45) is 0 Å². The maximum absolute atomic E-state index is 9.49. The van der Waals surface area contributed by atoms with Crippen LogP contribution in [0.5, 0.6) is 0 Å². The zero-order valence-electron chi connectivity index (χ0n) is 11.9. The Bertz CT molecular complexity index is 734. The van der Waals surface area contributed by atoms with Gasteiger partial charge in [0.15, 0.2) is 0 Å². The first-order valence-electron chi connectivity index (χ1n) is 7.17. The van der Waals surface area contributed by atoms with E-state index in [2.05, 4.69) is 33.8 Å². The average molecular weight is 281 g/mol. The molecule has 4 nitrogen and oxygen atoms in total. The smallest absolute Gasteiger partial charge is 0.135 e. The van der Waals surface area contributed by atoms with Crippen LogP contribution in [-0.4, -0.2) is 14.7 Å². The molecule has 0 saturated carbocycles. The lowest BCUT2D eigenvalue weighted by Crippen LogP contribution is -2.05. The number of fused-ring (bicyclic) bond motifs is 1. The van der Waals surface area contributed by atoms with Gasteiger partial charge in [0, 0.05) is 12.2 Å². The van der Waals surface area contributed by atoms with Crippen molar-refractivity contribution in [3.05, 3.63) is 59.9 Å². The number of anilines is 1. The second-order valence-electron chi connectivity index (χ2n) is 5.18. The largest absolute Gasteiger partial charge is 0.399 e. The molecule has 3 rings (SSSR count). The summed E-state index contributed by atoms with van der Waals surface area (Å²) < 4.78 is 2.08. The molecule has 1 heterocycles. The van der Waals surface area contributed by atoms with Crippen molar-refractivity contribution in [1.82, 2.24) is 9.55 Å². The third-order valence-electron chi connectivity index (χ3n) is 3.68. The maximum atomic E-state index is 9.49. The van der Waals surface area contributed by atoms with Crippen LogP contribution in [0.3, 0.4) is 0 Å². The molecular formula is C17H19N3O. The summed E-state index contributed by atoms with van der Waals surface area (Å²) in [6.07, 6.45) is 2.02. The first-order valence-corrected chi connectivity index (χ1v) is 7.17. The van der Waals surface area contributed by atoms with E-state index in [4.69, 9.17) is 5.73 Å². The fourth-order valence-corrected chi connectivity index (χ4v) is 2.65. The van der Waals surface area contributed by atoms with Gasteiger partial charge in [0.05, 0.1) is 11.0 Å². The Kier molecular flexibility index (Phi) is 3.88. The predicted molar refractivity (Wildman–Crippen MR) is 84.8 cm³/mol. The third kappa shape index (κ3) is 2.90. The molecule has 0 unspecified atom stereocenters. The minimum Gasteiger partial charge on any atom is -0.399 e. The Balaban J connectivity index is 1.79. The highest BCUT2D eigenvalue weighted by Gasteiger charge is 2.09. The van der Waals surface area contributed by atoms with E-state index in [9.17, 15) is 5.11 Å². The topological polar surface area (TPSA) is 64.1 Å². The Hall–Kier alpha value is -2.33. The molecule has 0 amide bonds. The Labute approximate surface area is 123 Å². The van der Waals surface area contributed by atoms with E-state index in [1.54, 1.807) is 0 Å². The predicted octanol–water partition coefficient (Wildman–Crippen LogP) is 2.74. The van der Waals surface area contributed by atoms with Crippen molar-refractivity contribution in [1.29, 1.82) is 0 Å². The van der Waals surface area contributed by atoms with Crippen LogP contribution >= 0.6 is 0 Å². The molecule has 3 N–H and O–H groups in total. The molecule has 0 spiro atoms. The fourth-order valence-electron chi connectivity index (χ4n) is 2.65. The van der Waals surface area contributed by atoms with E-state index in [0.29, 0.717) is 11.5 Å². The number of benzene rings is 2. The summed E-state index contributed by atoms with van der Waals surface area (Å²) in [4.78, 5) is 4.45. The SMILES string of the molecule is Nc1ccc2c(c1)nc(CO)n2CCCc1ccccc1. The summed E-state index contributed by atoms with van der Waals surface area (Å²) in [5, 5.41) is 9.49. The first-order chi connectivity index (χ1) is 10.3. The quantitative estimate of drug-likeness (QED) is 0.707. The summed E-state index contributed by atoms with van der Waals surface area (Å²) in [6.45, 7) is 0.783. The van der Waals surface area contributed by atoms with Crippen LogP contribution in [0.25, 0.3) is 11.0 Å². The van der Waals surface area contributed by atoms with Gasteiger partial charge in [-0.25, -0.2) is 4.98 Å². The minimum atomic E-state index is -0.0556. The van der Waals surface area contributed by atoms with E-state index < -0.39 is 0 Å². The molecule has 0 bridgehead atoms. The average Bonchev–Trinajstić information content (AvgIpc) is 2.85. The Morgan fingerprint density at radius 1 is 1.10 bits per heavy atom. The number of aliphatic hydroxyl groups is 1. The minimum absolute atomic E-state index is 0.0556. The summed E-state index contributed by atoms with van der Waals surface area (Å²) in [7, 11) is 0. The molecular weight excluding hydrogens is 262 g/mol. The molecule has 0 fully saturated rings. The second-order valence-corrected chi connectivity index (χ2v) is 5.18. The summed E-state index contributed by atoms with van der Waals surface area (Å²) in [6, 6.07) is 16.1. The number of aryl methyl sites for hydroxylation is 2. The molecule has 1 aromatic heterocycles. The van der Waals surface area contributed by atoms with Gasteiger partial charge >= 0.3 is 0 Å². The molecule has 2 aromatic carbocycles. The van der Waals surface area contributed by atoms with E-state index in [-0.39, 0.29) is 6.61 Å². The zero-order chi connectivity index (χ0) is 14.7.